The van der Waals surface area contributed by atoms with E-state index in [0.717, 1.165) is 166 Å². The number of carbonyl (C=O) groups excluding carboxylic acids is 5. The number of nitrogens with one attached hydrogen (secondary N) is 15. The molecule has 0 spiro atoms. The molecule has 42 heteroatoms. The standard InChI is InChI=1S/C22H18ClN7O.2C22H21FN6O.C21H19FN6O.C20H18ClN7O/c1-12-14(8-21(31)26-12)7-15-11-25-30-20(27-16-3-4-16)9-19(29-22(15)30)28-18-5-2-13(10-24)6-17(18)23;1-12-7-16(23)3-6-18(12)27-19-10-20(26-17-4-5-17)29-22(28-19)15(11-24-29)8-14-9-21(30)25-13(14)2;1-12-3-4-16(23)9-18(12)27-19-10-20(26-17-5-6-17)29-22(28-19)15(11-24-29)7-14-8-21(30)25-13(14)2;1-12-13(9-20(29)24-12)8-14-11-23-28-19(25-15-6-7-15)10-18(27-21(14)28)26-17-5-3-2-4-16(17)22;1-11-12(7-19(29)24-11)6-13-9-23-28-18(25-15-3-4-15)8-17(27-20(13)28)26-16-5-2-14(21)10-22-16/h2,5-7,9,11,16,27H,1,3-4,8H2,(H,26,31)(H,28,29);3,6-8,10-11,17,26H,2,4-5,9H2,1H3,(H,25,30)(H,27,28);3-4,7,9-11,17,26H,2,5-6,8H2,1H3,(H,25,30)(H,27,28);2-5,8,10-11,15,25H,1,6-7,9H2,(H,24,29)(H,26,27);2,5-6,8-10,15,25H,1,3-4,7H2,(H,24,29)(H,22,26,27)/b14-7+;14-8+;14-7+;13-8+;12-6+. The van der Waals surface area contributed by atoms with Crippen molar-refractivity contribution in [1.29, 1.82) is 5.26 Å². The van der Waals surface area contributed by atoms with Crippen molar-refractivity contribution < 1.29 is 37.1 Å². The van der Waals surface area contributed by atoms with Gasteiger partial charge in [0.05, 0.1) is 96.1 Å². The molecule has 0 bridgehead atoms. The van der Waals surface area contributed by atoms with Crippen molar-refractivity contribution in [2.45, 2.75) is 140 Å². The average molecular weight is 2040 g/mol. The topological polar surface area (TPSA) is 453 Å². The van der Waals surface area contributed by atoms with Gasteiger partial charge in [0.15, 0.2) is 28.2 Å². The zero-order chi connectivity index (χ0) is 103. The molecule has 11 aromatic heterocycles. The van der Waals surface area contributed by atoms with Gasteiger partial charge in [-0.25, -0.2) is 43.1 Å². The van der Waals surface area contributed by atoms with Gasteiger partial charge in [-0.2, -0.15) is 53.3 Å². The van der Waals surface area contributed by atoms with Crippen LogP contribution < -0.4 is 79.8 Å². The second-order valence-electron chi connectivity index (χ2n) is 37.5. The number of allylic oxidation sites excluding steroid dienone is 5. The summed E-state index contributed by atoms with van der Waals surface area (Å²) in [5.41, 5.74) is 18.8. The van der Waals surface area contributed by atoms with Crippen molar-refractivity contribution in [3.05, 3.63) is 320 Å². The van der Waals surface area contributed by atoms with Crippen LogP contribution in [0.25, 0.3) is 58.6 Å². The summed E-state index contributed by atoms with van der Waals surface area (Å²) >= 11 is 12.3. The highest BCUT2D eigenvalue weighted by Gasteiger charge is 2.33. The molecule has 5 amide bonds. The molecule has 10 fully saturated rings. The molecular weight excluding hydrogens is 1940 g/mol. The lowest BCUT2D eigenvalue weighted by molar-refractivity contribution is -0.119. The fraction of sp³-hybridized carbons (Fsp3) is 0.206. The number of para-hydroxylation sites is 1. The van der Waals surface area contributed by atoms with Crippen molar-refractivity contribution in [2.75, 3.05) is 53.2 Å². The molecule has 4 aromatic carbocycles. The van der Waals surface area contributed by atoms with Crippen molar-refractivity contribution in [2.24, 2.45) is 0 Å². The maximum atomic E-state index is 14.1. The van der Waals surface area contributed by atoms with Crippen LogP contribution in [0.15, 0.2) is 248 Å². The first-order chi connectivity index (χ1) is 72.0. The van der Waals surface area contributed by atoms with E-state index >= 15 is 0 Å². The third kappa shape index (κ3) is 22.9. The molecule has 5 aliphatic carbocycles. The summed E-state index contributed by atoms with van der Waals surface area (Å²) < 4.78 is 50.1. The highest BCUT2D eigenvalue weighted by Crippen LogP contribution is 2.40. The van der Waals surface area contributed by atoms with Crippen molar-refractivity contribution >= 4 is 198 Å². The van der Waals surface area contributed by atoms with Gasteiger partial charge in [0.1, 0.15) is 81.4 Å². The Morgan fingerprint density at radius 3 is 0.973 bits per heavy atom. The highest BCUT2D eigenvalue weighted by molar-refractivity contribution is 6.33. The third-order valence-electron chi connectivity index (χ3n) is 25.3. The average Bonchev–Trinajstić information content (AvgIpc) is 1.65. The molecule has 37 nitrogen and oxygen atoms in total. The number of carbonyl (C=O) groups is 5. The quantitative estimate of drug-likeness (QED) is 0.0253. The zero-order valence-electron chi connectivity index (χ0n) is 80.5. The SMILES string of the molecule is C=C1NC(=O)C/C1=C\c1cnn2c(NC3CC3)cc(Nc3cc(F)ccc3C)nc12.C=C1NC(=O)C/C1=C\c1cnn2c(NC3CC3)cc(Nc3ccc(C#N)cc3Cl)nc12.C=C1NC(=O)C/C1=C\c1cnn2c(NC3CC3)cc(Nc3ccc(Cl)cn3)nc12.C=C1NC(=O)C/C1=C\c1cnn2c(NC3CC3)cc(Nc3ccc(F)cc3C)nc12.C=C1NC(=O)C/C1=C\c1cnn2c(NC3CC3)cc(Nc3ccccc3F)nc12. The first-order valence-corrected chi connectivity index (χ1v) is 49.0. The van der Waals surface area contributed by atoms with E-state index in [9.17, 15) is 37.1 Å². The van der Waals surface area contributed by atoms with Gasteiger partial charge in [-0.15, -0.1) is 0 Å². The van der Waals surface area contributed by atoms with Crippen LogP contribution in [-0.4, -0.2) is 138 Å². The highest BCUT2D eigenvalue weighted by atomic mass is 35.5. The molecule has 16 heterocycles. The fourth-order valence-electron chi connectivity index (χ4n) is 16.8. The van der Waals surface area contributed by atoms with Gasteiger partial charge in [-0.1, -0.05) is 74.3 Å². The minimum Gasteiger partial charge on any atom is -0.367 e. The third-order valence-corrected chi connectivity index (χ3v) is 25.9. The number of nitriles is 1. The summed E-state index contributed by atoms with van der Waals surface area (Å²) in [6.07, 6.45) is 32.2. The van der Waals surface area contributed by atoms with Gasteiger partial charge in [0.2, 0.25) is 29.5 Å². The van der Waals surface area contributed by atoms with Gasteiger partial charge in [0, 0.05) is 134 Å². The zero-order valence-corrected chi connectivity index (χ0v) is 82.0. The number of amides is 5. The Morgan fingerprint density at radius 2 is 0.664 bits per heavy atom. The smallest absolute Gasteiger partial charge is 0.228 e. The Labute approximate surface area is 859 Å². The normalized spacial score (nSPS) is 17.6. The number of fused-ring (bicyclic) bond motifs is 5. The van der Waals surface area contributed by atoms with E-state index in [2.05, 4.69) is 154 Å². The molecule has 5 aliphatic heterocycles. The lowest BCUT2D eigenvalue weighted by Gasteiger charge is -2.13. The van der Waals surface area contributed by atoms with E-state index in [1.807, 2.05) is 74.6 Å². The lowest BCUT2D eigenvalue weighted by atomic mass is 10.1. The minimum absolute atomic E-state index is 0.0575. The maximum absolute atomic E-state index is 14.1. The Bertz CT molecular complexity index is 8330. The van der Waals surface area contributed by atoms with Crippen molar-refractivity contribution in [3.8, 4) is 6.07 Å². The number of halogens is 5. The predicted octanol–water partition coefficient (Wildman–Crippen LogP) is 18.9. The Balaban J connectivity index is 0.000000109. The molecule has 15 aromatic rings. The molecule has 0 unspecified atom stereocenters. The lowest BCUT2D eigenvalue weighted by Crippen LogP contribution is -2.10. The molecule has 15 N–H and O–H groups in total. The molecular formula is C107H97Cl2F3N32O5. The Morgan fingerprint density at radius 1 is 0.349 bits per heavy atom. The molecule has 5 saturated heterocycles. The number of rotatable bonds is 25. The van der Waals surface area contributed by atoms with Crippen LogP contribution in [-0.2, 0) is 24.0 Å². The van der Waals surface area contributed by atoms with Gasteiger partial charge in [0.25, 0.3) is 0 Å². The van der Waals surface area contributed by atoms with E-state index < -0.39 is 0 Å². The van der Waals surface area contributed by atoms with Crippen LogP contribution >= 0.6 is 23.2 Å². The monoisotopic (exact) mass is 2040 g/mol. The Kier molecular flexibility index (Phi) is 26.7. The number of anilines is 15. The number of nitrogens with zero attached hydrogens (tertiary/aromatic N) is 17. The number of pyridine rings is 1. The first-order valence-electron chi connectivity index (χ1n) is 48.2. The number of aryl methyl sites for hydroxylation is 2. The van der Waals surface area contributed by atoms with Gasteiger partial charge in [-0.05, 0) is 220 Å². The maximum Gasteiger partial charge on any atom is 0.228 e. The summed E-state index contributed by atoms with van der Waals surface area (Å²) in [4.78, 5) is 86.1. The van der Waals surface area contributed by atoms with Crippen LogP contribution in [0.4, 0.5) is 99.9 Å². The summed E-state index contributed by atoms with van der Waals surface area (Å²) in [7, 11) is 0. The van der Waals surface area contributed by atoms with Crippen molar-refractivity contribution in [3.63, 3.8) is 0 Å². The van der Waals surface area contributed by atoms with Crippen LogP contribution in [0.1, 0.15) is 141 Å². The summed E-state index contributed by atoms with van der Waals surface area (Å²) in [6, 6.07) is 37.9. The molecule has 25 rings (SSSR count). The second-order valence-corrected chi connectivity index (χ2v) is 38.3. The summed E-state index contributed by atoms with van der Waals surface area (Å²) in [5.74, 6) is 6.35. The number of benzene rings is 4. The van der Waals surface area contributed by atoms with Gasteiger partial charge in [-0.3, -0.25) is 24.0 Å². The fourth-order valence-corrected chi connectivity index (χ4v) is 17.1. The van der Waals surface area contributed by atoms with E-state index in [1.54, 1.807) is 120 Å². The molecule has 10 aliphatic rings. The van der Waals surface area contributed by atoms with Gasteiger partial charge < -0.3 is 79.8 Å². The summed E-state index contributed by atoms with van der Waals surface area (Å²) in [6.45, 7) is 23.2. The largest absolute Gasteiger partial charge is 0.367 e. The predicted molar refractivity (Wildman–Crippen MR) is 568 cm³/mol. The van der Waals surface area contributed by atoms with Crippen LogP contribution in [0.3, 0.4) is 0 Å². The van der Waals surface area contributed by atoms with Crippen LogP contribution in [0.5, 0.6) is 0 Å². The molecule has 750 valence electrons. The molecule has 5 saturated carbocycles. The number of hydrogen-bond donors (Lipinski definition) is 15. The second kappa shape index (κ2) is 41.1. The van der Waals surface area contributed by atoms with E-state index in [-0.39, 0.29) is 72.7 Å². The van der Waals surface area contributed by atoms with E-state index in [4.69, 9.17) is 48.4 Å². The first kappa shape index (κ1) is 96.8. The van der Waals surface area contributed by atoms with Crippen LogP contribution in [0.2, 0.25) is 10.0 Å². The summed E-state index contributed by atoms with van der Waals surface area (Å²) in [5, 5.41) is 79.5. The molecule has 0 radical (unpaired) electrons. The molecule has 149 heavy (non-hydrogen) atoms. The van der Waals surface area contributed by atoms with Crippen LogP contribution in [0, 0.1) is 42.6 Å². The van der Waals surface area contributed by atoms with Crippen molar-refractivity contribution in [1.82, 2.24) is 105 Å². The van der Waals surface area contributed by atoms with E-state index in [1.165, 1.54) is 30.3 Å². The number of aromatic nitrogens is 16. The molecule has 0 atom stereocenters. The Hall–Kier alpha value is -18.3. The minimum atomic E-state index is -0.353. The van der Waals surface area contributed by atoms with E-state index in [0.29, 0.717) is 161 Å². The number of hydrogen-bond acceptors (Lipinski definition) is 27. The van der Waals surface area contributed by atoms with Gasteiger partial charge >= 0.3 is 0 Å².